The lowest BCUT2D eigenvalue weighted by molar-refractivity contribution is -0.165. The third-order valence-corrected chi connectivity index (χ3v) is 6.56. The highest BCUT2D eigenvalue weighted by molar-refractivity contribution is 6.30. The summed E-state index contributed by atoms with van der Waals surface area (Å²) < 4.78 is 18.4. The predicted octanol–water partition coefficient (Wildman–Crippen LogP) is 2.19. The molecule has 160 valence electrons. The van der Waals surface area contributed by atoms with Crippen LogP contribution >= 0.6 is 11.6 Å². The van der Waals surface area contributed by atoms with Gasteiger partial charge in [0.25, 0.3) is 5.91 Å². The third-order valence-electron chi connectivity index (χ3n) is 6.32. The van der Waals surface area contributed by atoms with Crippen LogP contribution in [0.1, 0.15) is 37.4 Å². The highest BCUT2D eigenvalue weighted by Gasteiger charge is 2.70. The summed E-state index contributed by atoms with van der Waals surface area (Å²) in [5.74, 6) is 1.04. The van der Waals surface area contributed by atoms with Crippen molar-refractivity contribution < 1.29 is 24.1 Å². The van der Waals surface area contributed by atoms with E-state index in [2.05, 4.69) is 10.4 Å². The predicted molar refractivity (Wildman–Crippen MR) is 108 cm³/mol. The van der Waals surface area contributed by atoms with Crippen LogP contribution in [0.15, 0.2) is 30.6 Å². The van der Waals surface area contributed by atoms with E-state index in [-0.39, 0.29) is 23.4 Å². The number of benzene rings is 1. The molecule has 9 heteroatoms. The highest BCUT2D eigenvalue weighted by Crippen LogP contribution is 2.65. The van der Waals surface area contributed by atoms with Crippen LogP contribution < -0.4 is 14.8 Å². The number of aliphatic hydroxyl groups excluding tert-OH is 1. The standard InChI is InChI=1S/C21H24ClN3O5/c1-28-4-5-29-14-8-23-25(9-14)21-10-20(11-21,12-21)24-19(27)18-7-16(26)15-6-13(22)2-3-17(15)30-18/h2-3,6,8-9,16,18,26H,4-5,7,10-12H2,1H3,(H,24,27)/t16-,18-,20?,21?/m1/s1. The summed E-state index contributed by atoms with van der Waals surface area (Å²) in [4.78, 5) is 12.8. The van der Waals surface area contributed by atoms with Gasteiger partial charge in [-0.2, -0.15) is 5.10 Å². The Kier molecular flexibility index (Phi) is 4.68. The quantitative estimate of drug-likeness (QED) is 0.650. The Morgan fingerprint density at radius 3 is 2.97 bits per heavy atom. The number of fused-ring (bicyclic) bond motifs is 1. The molecule has 3 fully saturated rings. The second kappa shape index (κ2) is 7.14. The molecule has 0 saturated heterocycles. The topological polar surface area (TPSA) is 94.8 Å². The fourth-order valence-electron chi connectivity index (χ4n) is 4.91. The molecule has 0 unspecified atom stereocenters. The van der Waals surface area contributed by atoms with Crippen molar-refractivity contribution in [1.82, 2.24) is 15.1 Å². The van der Waals surface area contributed by atoms with Crippen LogP contribution in [0.2, 0.25) is 5.02 Å². The van der Waals surface area contributed by atoms with E-state index in [1.54, 1.807) is 31.5 Å². The molecule has 0 spiro atoms. The average Bonchev–Trinajstić information content (AvgIpc) is 3.12. The van der Waals surface area contributed by atoms with Crippen molar-refractivity contribution in [2.45, 2.75) is 49.0 Å². The second-order valence-electron chi connectivity index (χ2n) is 8.53. The van der Waals surface area contributed by atoms with Crippen LogP contribution in [-0.2, 0) is 15.1 Å². The number of carbonyl (C=O) groups is 1. The van der Waals surface area contributed by atoms with Crippen LogP contribution in [0.25, 0.3) is 0 Å². The fraction of sp³-hybridized carbons (Fsp3) is 0.524. The molecular formula is C21H24ClN3O5. The minimum absolute atomic E-state index is 0.0492. The molecule has 4 aliphatic rings. The number of aromatic nitrogens is 2. The van der Waals surface area contributed by atoms with E-state index in [0.29, 0.717) is 29.5 Å². The first kappa shape index (κ1) is 19.7. The molecule has 2 aromatic rings. The molecule has 2 bridgehead atoms. The Hall–Kier alpha value is -2.29. The zero-order chi connectivity index (χ0) is 20.9. The SMILES string of the molecule is COCCOc1cnn(C23CC(NC(=O)[C@H]4C[C@@H](O)c5cc(Cl)ccc5O4)(C2)C3)c1. The minimum Gasteiger partial charge on any atom is -0.488 e. The summed E-state index contributed by atoms with van der Waals surface area (Å²) >= 11 is 5.99. The first-order chi connectivity index (χ1) is 14.4. The number of halogens is 1. The van der Waals surface area contributed by atoms with Gasteiger partial charge in [-0.3, -0.25) is 9.48 Å². The van der Waals surface area contributed by atoms with Crippen LogP contribution in [0.3, 0.4) is 0 Å². The molecule has 0 radical (unpaired) electrons. The Bertz CT molecular complexity index is 958. The van der Waals surface area contributed by atoms with Crippen molar-refractivity contribution in [3.05, 3.63) is 41.2 Å². The molecule has 8 nitrogen and oxygen atoms in total. The Balaban J connectivity index is 1.17. The van der Waals surface area contributed by atoms with Crippen molar-refractivity contribution in [3.63, 3.8) is 0 Å². The van der Waals surface area contributed by atoms with Crippen molar-refractivity contribution in [3.8, 4) is 11.5 Å². The van der Waals surface area contributed by atoms with E-state index >= 15 is 0 Å². The lowest BCUT2D eigenvalue weighted by Gasteiger charge is -2.70. The molecule has 6 rings (SSSR count). The summed E-state index contributed by atoms with van der Waals surface area (Å²) in [7, 11) is 1.63. The second-order valence-corrected chi connectivity index (χ2v) is 8.96. The normalized spacial score (nSPS) is 31.0. The van der Waals surface area contributed by atoms with E-state index < -0.39 is 12.2 Å². The zero-order valence-electron chi connectivity index (χ0n) is 16.6. The molecule has 2 heterocycles. The molecular weight excluding hydrogens is 410 g/mol. The lowest BCUT2D eigenvalue weighted by atomic mass is 9.44. The van der Waals surface area contributed by atoms with Gasteiger partial charge in [-0.1, -0.05) is 11.6 Å². The van der Waals surface area contributed by atoms with Gasteiger partial charge in [-0.05, 0) is 37.5 Å². The number of rotatable bonds is 7. The van der Waals surface area contributed by atoms with E-state index in [9.17, 15) is 9.90 Å². The summed E-state index contributed by atoms with van der Waals surface area (Å²) in [5.41, 5.74) is 0.361. The highest BCUT2D eigenvalue weighted by atomic mass is 35.5. The monoisotopic (exact) mass is 433 g/mol. The summed E-state index contributed by atoms with van der Waals surface area (Å²) in [6.45, 7) is 1.01. The number of nitrogens with zero attached hydrogens (tertiary/aromatic N) is 2. The molecule has 1 aromatic carbocycles. The number of methoxy groups -OCH3 is 1. The number of amides is 1. The van der Waals surface area contributed by atoms with Crippen molar-refractivity contribution in [2.24, 2.45) is 0 Å². The smallest absolute Gasteiger partial charge is 0.261 e. The largest absolute Gasteiger partial charge is 0.488 e. The van der Waals surface area contributed by atoms with Crippen LogP contribution in [0.4, 0.5) is 0 Å². The maximum absolute atomic E-state index is 12.8. The molecule has 1 aliphatic heterocycles. The fourth-order valence-corrected chi connectivity index (χ4v) is 5.09. The van der Waals surface area contributed by atoms with Crippen LogP contribution in [0.5, 0.6) is 11.5 Å². The summed E-state index contributed by atoms with van der Waals surface area (Å²) in [6, 6.07) is 5.06. The number of carbonyl (C=O) groups excluding carboxylic acids is 1. The van der Waals surface area contributed by atoms with Gasteiger partial charge in [0.2, 0.25) is 0 Å². The first-order valence-corrected chi connectivity index (χ1v) is 10.4. The molecule has 30 heavy (non-hydrogen) atoms. The average molecular weight is 434 g/mol. The maximum Gasteiger partial charge on any atom is 0.261 e. The van der Waals surface area contributed by atoms with E-state index in [4.69, 9.17) is 25.8 Å². The van der Waals surface area contributed by atoms with Gasteiger partial charge in [0, 0.05) is 29.7 Å². The number of hydrogen-bond donors (Lipinski definition) is 2. The number of ether oxygens (including phenoxy) is 3. The van der Waals surface area contributed by atoms with E-state index in [0.717, 1.165) is 25.0 Å². The molecule has 2 atom stereocenters. The van der Waals surface area contributed by atoms with Crippen molar-refractivity contribution in [2.75, 3.05) is 20.3 Å². The van der Waals surface area contributed by atoms with Gasteiger partial charge in [-0.25, -0.2) is 0 Å². The van der Waals surface area contributed by atoms with E-state index in [1.807, 2.05) is 10.9 Å². The maximum atomic E-state index is 12.8. The van der Waals surface area contributed by atoms with Gasteiger partial charge >= 0.3 is 0 Å². The molecule has 2 N–H and O–H groups in total. The van der Waals surface area contributed by atoms with Gasteiger partial charge in [0.05, 0.1) is 30.6 Å². The summed E-state index contributed by atoms with van der Waals surface area (Å²) in [5, 5.41) is 18.5. The minimum atomic E-state index is -0.775. The Morgan fingerprint density at radius 2 is 2.20 bits per heavy atom. The van der Waals surface area contributed by atoms with Gasteiger partial charge < -0.3 is 24.6 Å². The van der Waals surface area contributed by atoms with Gasteiger partial charge in [0.15, 0.2) is 11.9 Å². The van der Waals surface area contributed by atoms with Gasteiger partial charge in [-0.15, -0.1) is 0 Å². The van der Waals surface area contributed by atoms with Crippen LogP contribution in [0, 0.1) is 0 Å². The third kappa shape index (κ3) is 3.23. The lowest BCUT2D eigenvalue weighted by Crippen LogP contribution is -2.79. The number of aliphatic hydroxyl groups is 1. The molecule has 1 amide bonds. The van der Waals surface area contributed by atoms with Crippen molar-refractivity contribution in [1.29, 1.82) is 0 Å². The van der Waals surface area contributed by atoms with E-state index in [1.165, 1.54) is 0 Å². The molecule has 3 aliphatic carbocycles. The zero-order valence-corrected chi connectivity index (χ0v) is 17.4. The van der Waals surface area contributed by atoms with Crippen LogP contribution in [-0.4, -0.2) is 52.8 Å². The Morgan fingerprint density at radius 1 is 1.40 bits per heavy atom. The van der Waals surface area contributed by atoms with Gasteiger partial charge in [0.1, 0.15) is 12.4 Å². The number of nitrogens with one attached hydrogen (secondary N) is 1. The Labute approximate surface area is 179 Å². The molecule has 1 aromatic heterocycles. The molecule has 3 saturated carbocycles. The first-order valence-electron chi connectivity index (χ1n) is 10.1. The summed E-state index contributed by atoms with van der Waals surface area (Å²) in [6.07, 6.45) is 4.81. The van der Waals surface area contributed by atoms with Crippen molar-refractivity contribution >= 4 is 17.5 Å². The number of hydrogen-bond acceptors (Lipinski definition) is 6.